The predicted molar refractivity (Wildman–Crippen MR) is 96.2 cm³/mol. The van der Waals surface area contributed by atoms with Crippen molar-refractivity contribution in [3.63, 3.8) is 0 Å². The van der Waals surface area contributed by atoms with Crippen molar-refractivity contribution in [2.24, 2.45) is 11.7 Å². The second kappa shape index (κ2) is 10.6. The molecule has 1 aromatic carbocycles. The summed E-state index contributed by atoms with van der Waals surface area (Å²) in [6.45, 7) is 4.24. The molecule has 132 valence electrons. The van der Waals surface area contributed by atoms with Gasteiger partial charge in [0.05, 0.1) is 17.5 Å². The van der Waals surface area contributed by atoms with E-state index in [2.05, 4.69) is 5.32 Å². The van der Waals surface area contributed by atoms with Crippen LogP contribution in [0.1, 0.15) is 32.3 Å². The number of sulfone groups is 1. The second-order valence-electron chi connectivity index (χ2n) is 5.63. The first kappa shape index (κ1) is 21.9. The molecule has 23 heavy (non-hydrogen) atoms. The lowest BCUT2D eigenvalue weighted by Gasteiger charge is -2.17. The van der Waals surface area contributed by atoms with E-state index in [4.69, 9.17) is 5.73 Å². The molecule has 0 saturated carbocycles. The minimum Gasteiger partial charge on any atom is -0.355 e. The summed E-state index contributed by atoms with van der Waals surface area (Å²) < 4.78 is 24.0. The van der Waals surface area contributed by atoms with Crippen molar-refractivity contribution in [1.29, 1.82) is 0 Å². The zero-order valence-electron chi connectivity index (χ0n) is 13.7. The third-order valence-electron chi connectivity index (χ3n) is 3.72. The van der Waals surface area contributed by atoms with Crippen molar-refractivity contribution in [1.82, 2.24) is 5.32 Å². The summed E-state index contributed by atoms with van der Waals surface area (Å²) in [5.41, 5.74) is 6.59. The van der Waals surface area contributed by atoms with Gasteiger partial charge >= 0.3 is 0 Å². The van der Waals surface area contributed by atoms with E-state index < -0.39 is 15.9 Å². The minimum atomic E-state index is -3.16. The first-order valence-electron chi connectivity index (χ1n) is 7.63. The van der Waals surface area contributed by atoms with Crippen LogP contribution in [0.2, 0.25) is 0 Å². The molecule has 5 nitrogen and oxygen atoms in total. The molecule has 0 aliphatic heterocycles. The molecule has 1 amide bonds. The lowest BCUT2D eigenvalue weighted by Crippen LogP contribution is -2.45. The van der Waals surface area contributed by atoms with Crippen molar-refractivity contribution in [3.8, 4) is 0 Å². The van der Waals surface area contributed by atoms with E-state index in [-0.39, 0.29) is 35.7 Å². The summed E-state index contributed by atoms with van der Waals surface area (Å²) in [6, 6.07) is 8.55. The van der Waals surface area contributed by atoms with Crippen LogP contribution in [0.15, 0.2) is 30.3 Å². The van der Waals surface area contributed by atoms with Crippen molar-refractivity contribution in [2.45, 2.75) is 38.5 Å². The van der Waals surface area contributed by atoms with E-state index in [0.717, 1.165) is 12.0 Å². The maximum atomic E-state index is 12.0. The Balaban J connectivity index is 0.00000484. The number of benzene rings is 1. The molecule has 0 bridgehead atoms. The molecule has 1 rings (SSSR count). The van der Waals surface area contributed by atoms with Gasteiger partial charge in [-0.1, -0.05) is 50.6 Å². The van der Waals surface area contributed by atoms with Gasteiger partial charge in [-0.3, -0.25) is 4.79 Å². The Morgan fingerprint density at radius 1 is 1.26 bits per heavy atom. The lowest BCUT2D eigenvalue weighted by atomic mass is 9.99. The molecule has 0 fully saturated rings. The van der Waals surface area contributed by atoms with Gasteiger partial charge in [0.1, 0.15) is 0 Å². The van der Waals surface area contributed by atoms with Crippen LogP contribution in [0.3, 0.4) is 0 Å². The van der Waals surface area contributed by atoms with E-state index in [1.807, 2.05) is 32.0 Å². The van der Waals surface area contributed by atoms with E-state index in [9.17, 15) is 13.2 Å². The van der Waals surface area contributed by atoms with Crippen LogP contribution >= 0.6 is 12.4 Å². The number of carbonyl (C=O) groups is 1. The largest absolute Gasteiger partial charge is 0.355 e. The van der Waals surface area contributed by atoms with E-state index in [1.54, 1.807) is 12.1 Å². The molecule has 3 N–H and O–H groups in total. The van der Waals surface area contributed by atoms with Gasteiger partial charge in [0.2, 0.25) is 5.91 Å². The number of halogens is 1. The molecular formula is C16H27ClN2O3S. The van der Waals surface area contributed by atoms with Crippen LogP contribution in [0, 0.1) is 5.92 Å². The molecular weight excluding hydrogens is 336 g/mol. The molecule has 0 aliphatic carbocycles. The standard InChI is InChI=1S/C16H26N2O3S.ClH/c1-3-13(2)15(17)16(19)18-10-7-11-22(20,21)12-14-8-5-4-6-9-14;/h4-6,8-9,13,15H,3,7,10-12,17H2,1-2H3,(H,18,19);1H. The molecule has 0 radical (unpaired) electrons. The SMILES string of the molecule is CCC(C)C(N)C(=O)NCCCS(=O)(=O)Cc1ccccc1.Cl. The number of nitrogens with two attached hydrogens (primary N) is 1. The predicted octanol–water partition coefficient (Wildman–Crippen LogP) is 1.90. The minimum absolute atomic E-state index is 0. The fourth-order valence-corrected chi connectivity index (χ4v) is 3.46. The Bertz CT molecular complexity index is 564. The summed E-state index contributed by atoms with van der Waals surface area (Å²) in [5, 5.41) is 2.71. The number of rotatable bonds is 9. The number of hydrogen-bond acceptors (Lipinski definition) is 4. The molecule has 0 heterocycles. The molecule has 2 unspecified atom stereocenters. The van der Waals surface area contributed by atoms with Crippen molar-refractivity contribution >= 4 is 28.2 Å². The van der Waals surface area contributed by atoms with Crippen LogP contribution in [0.25, 0.3) is 0 Å². The fraction of sp³-hybridized carbons (Fsp3) is 0.562. The van der Waals surface area contributed by atoms with Gasteiger partial charge in [0, 0.05) is 6.54 Å². The molecule has 7 heteroatoms. The van der Waals surface area contributed by atoms with Crippen LogP contribution in [-0.4, -0.2) is 32.7 Å². The molecule has 0 aromatic heterocycles. The zero-order chi connectivity index (χ0) is 16.6. The summed E-state index contributed by atoms with van der Waals surface area (Å²) in [7, 11) is -3.16. The van der Waals surface area contributed by atoms with Crippen molar-refractivity contribution < 1.29 is 13.2 Å². The third kappa shape index (κ3) is 8.34. The third-order valence-corrected chi connectivity index (χ3v) is 5.40. The van der Waals surface area contributed by atoms with Crippen LogP contribution in [0.4, 0.5) is 0 Å². The molecule has 0 saturated heterocycles. The van der Waals surface area contributed by atoms with Gasteiger partial charge in [0.25, 0.3) is 0 Å². The summed E-state index contributed by atoms with van der Waals surface area (Å²) in [6.07, 6.45) is 1.23. The Morgan fingerprint density at radius 3 is 2.43 bits per heavy atom. The van der Waals surface area contributed by atoms with Crippen molar-refractivity contribution in [2.75, 3.05) is 12.3 Å². The van der Waals surface area contributed by atoms with Crippen LogP contribution in [0.5, 0.6) is 0 Å². The summed E-state index contributed by atoms with van der Waals surface area (Å²) >= 11 is 0. The van der Waals surface area contributed by atoms with Crippen LogP contribution in [-0.2, 0) is 20.4 Å². The normalized spacial score (nSPS) is 13.7. The highest BCUT2D eigenvalue weighted by molar-refractivity contribution is 7.90. The Hall–Kier alpha value is -1.11. The van der Waals surface area contributed by atoms with Gasteiger partial charge in [0.15, 0.2) is 9.84 Å². The van der Waals surface area contributed by atoms with Crippen molar-refractivity contribution in [3.05, 3.63) is 35.9 Å². The molecule has 0 spiro atoms. The van der Waals surface area contributed by atoms with Gasteiger partial charge in [-0.2, -0.15) is 0 Å². The van der Waals surface area contributed by atoms with E-state index in [1.165, 1.54) is 0 Å². The highest BCUT2D eigenvalue weighted by atomic mass is 35.5. The first-order chi connectivity index (χ1) is 10.4. The van der Waals surface area contributed by atoms with E-state index >= 15 is 0 Å². The monoisotopic (exact) mass is 362 g/mol. The average Bonchev–Trinajstić information content (AvgIpc) is 2.50. The Labute approximate surface area is 145 Å². The summed E-state index contributed by atoms with van der Waals surface area (Å²) in [5.74, 6) is -0.00818. The maximum absolute atomic E-state index is 12.0. The fourth-order valence-electron chi connectivity index (χ4n) is 2.03. The highest BCUT2D eigenvalue weighted by Crippen LogP contribution is 2.07. The average molecular weight is 363 g/mol. The number of hydrogen-bond donors (Lipinski definition) is 2. The lowest BCUT2D eigenvalue weighted by molar-refractivity contribution is -0.123. The molecule has 1 aromatic rings. The van der Waals surface area contributed by atoms with Gasteiger partial charge < -0.3 is 11.1 Å². The van der Waals surface area contributed by atoms with Crippen LogP contribution < -0.4 is 11.1 Å². The van der Waals surface area contributed by atoms with Gasteiger partial charge in [-0.15, -0.1) is 12.4 Å². The number of nitrogens with one attached hydrogen (secondary N) is 1. The van der Waals surface area contributed by atoms with Gasteiger partial charge in [-0.25, -0.2) is 8.42 Å². The topological polar surface area (TPSA) is 89.3 Å². The second-order valence-corrected chi connectivity index (χ2v) is 7.82. The van der Waals surface area contributed by atoms with Gasteiger partial charge in [-0.05, 0) is 17.9 Å². The smallest absolute Gasteiger partial charge is 0.237 e. The zero-order valence-corrected chi connectivity index (χ0v) is 15.3. The first-order valence-corrected chi connectivity index (χ1v) is 9.45. The Kier molecular flexibility index (Phi) is 10.1. The number of amides is 1. The Morgan fingerprint density at radius 2 is 1.87 bits per heavy atom. The quantitative estimate of drug-likeness (QED) is 0.656. The molecule has 0 aliphatic rings. The maximum Gasteiger partial charge on any atom is 0.237 e. The number of carbonyl (C=O) groups excluding carboxylic acids is 1. The van der Waals surface area contributed by atoms with E-state index in [0.29, 0.717) is 13.0 Å². The summed E-state index contributed by atoms with van der Waals surface area (Å²) in [4.78, 5) is 11.8. The highest BCUT2D eigenvalue weighted by Gasteiger charge is 2.19. The molecule has 2 atom stereocenters.